The van der Waals surface area contributed by atoms with Gasteiger partial charge in [-0.3, -0.25) is 5.41 Å². The van der Waals surface area contributed by atoms with Crippen molar-refractivity contribution in [3.05, 3.63) is 64.4 Å². The molecular formula is C22H24ClF2N7OS. The maximum absolute atomic E-state index is 14.3. The van der Waals surface area contributed by atoms with Gasteiger partial charge in [0.05, 0.1) is 22.0 Å². The van der Waals surface area contributed by atoms with Crippen LogP contribution in [0.1, 0.15) is 24.0 Å². The summed E-state index contributed by atoms with van der Waals surface area (Å²) in [5.41, 5.74) is 11.8. The molecule has 0 spiro atoms. The molecule has 3 aromatic rings. The van der Waals surface area contributed by atoms with Gasteiger partial charge in [0.1, 0.15) is 29.5 Å². The largest absolute Gasteiger partial charge is 0.506 e. The molecular weight excluding hydrogens is 484 g/mol. The fourth-order valence-electron chi connectivity index (χ4n) is 3.32. The number of nitrogens with one attached hydrogen (secondary N) is 3. The van der Waals surface area contributed by atoms with Gasteiger partial charge in [0.25, 0.3) is 0 Å². The van der Waals surface area contributed by atoms with Gasteiger partial charge in [0, 0.05) is 22.6 Å². The number of nitrogens with two attached hydrogens (primary N) is 2. The Kier molecular flexibility index (Phi) is 8.48. The van der Waals surface area contributed by atoms with Crippen molar-refractivity contribution in [2.75, 3.05) is 29.9 Å². The van der Waals surface area contributed by atoms with E-state index in [0.717, 1.165) is 32.0 Å². The van der Waals surface area contributed by atoms with Crippen molar-refractivity contribution in [1.29, 1.82) is 5.41 Å². The van der Waals surface area contributed by atoms with E-state index in [1.807, 2.05) is 0 Å². The number of nitrogen functional groups attached to an aromatic ring is 2. The van der Waals surface area contributed by atoms with Crippen molar-refractivity contribution in [3.8, 4) is 5.75 Å². The third-order valence-electron chi connectivity index (χ3n) is 5.12. The first-order chi connectivity index (χ1) is 16.2. The van der Waals surface area contributed by atoms with E-state index in [0.29, 0.717) is 11.4 Å². The van der Waals surface area contributed by atoms with Crippen LogP contribution in [0.25, 0.3) is 0 Å². The molecule has 34 heavy (non-hydrogen) atoms. The Balaban J connectivity index is 0.000000271. The summed E-state index contributed by atoms with van der Waals surface area (Å²) in [6.07, 6.45) is 3.21. The highest BCUT2D eigenvalue weighted by Gasteiger charge is 2.22. The minimum absolute atomic E-state index is 0.0134. The van der Waals surface area contributed by atoms with E-state index in [9.17, 15) is 8.78 Å². The lowest BCUT2D eigenvalue weighted by molar-refractivity contribution is 0.467. The van der Waals surface area contributed by atoms with Gasteiger partial charge in [0.2, 0.25) is 0 Å². The molecule has 2 heterocycles. The molecule has 2 aromatic carbocycles. The third-order valence-corrected chi connectivity index (χ3v) is 5.77. The molecule has 1 aliphatic heterocycles. The van der Waals surface area contributed by atoms with Crippen molar-refractivity contribution in [2.24, 2.45) is 0 Å². The van der Waals surface area contributed by atoms with Gasteiger partial charge in [-0.2, -0.15) is 0 Å². The molecule has 0 amide bonds. The third kappa shape index (κ3) is 6.04. The Morgan fingerprint density at radius 2 is 1.91 bits per heavy atom. The average Bonchev–Trinajstić information content (AvgIpc) is 2.80. The Bertz CT molecular complexity index is 1140. The smallest absolute Gasteiger partial charge is 0.155 e. The number of thiol groups is 1. The molecule has 0 aliphatic carbocycles. The first-order valence-electron chi connectivity index (χ1n) is 10.3. The van der Waals surface area contributed by atoms with Crippen LogP contribution in [0.2, 0.25) is 5.02 Å². The highest BCUT2D eigenvalue weighted by Crippen LogP contribution is 2.28. The molecule has 0 radical (unpaired) electrons. The summed E-state index contributed by atoms with van der Waals surface area (Å²) in [6, 6.07) is 6.93. The van der Waals surface area contributed by atoms with E-state index < -0.39 is 11.6 Å². The summed E-state index contributed by atoms with van der Waals surface area (Å²) < 4.78 is 26.7. The molecule has 4 rings (SSSR count). The van der Waals surface area contributed by atoms with Crippen molar-refractivity contribution in [1.82, 2.24) is 15.3 Å². The number of halogens is 3. The van der Waals surface area contributed by atoms with E-state index >= 15 is 0 Å². The summed E-state index contributed by atoms with van der Waals surface area (Å²) in [7, 11) is 0. The maximum atomic E-state index is 14.3. The van der Waals surface area contributed by atoms with E-state index in [1.165, 1.54) is 24.5 Å². The lowest BCUT2D eigenvalue weighted by Crippen LogP contribution is -2.36. The molecule has 8 nitrogen and oxygen atoms in total. The second kappa shape index (κ2) is 11.3. The number of phenolic OH excluding ortho intramolecular Hbond substituents is 1. The fraction of sp³-hybridized carbons (Fsp3) is 0.227. The molecule has 0 unspecified atom stereocenters. The first kappa shape index (κ1) is 25.5. The van der Waals surface area contributed by atoms with Gasteiger partial charge in [-0.1, -0.05) is 17.7 Å². The Morgan fingerprint density at radius 3 is 2.59 bits per heavy atom. The van der Waals surface area contributed by atoms with Crippen LogP contribution in [-0.4, -0.2) is 39.9 Å². The van der Waals surface area contributed by atoms with Gasteiger partial charge in [-0.25, -0.2) is 18.7 Å². The molecule has 1 aliphatic rings. The average molecular weight is 508 g/mol. The van der Waals surface area contributed by atoms with Gasteiger partial charge in [-0.05, 0) is 44.1 Å². The van der Waals surface area contributed by atoms with Crippen LogP contribution in [0.4, 0.5) is 26.1 Å². The number of phenols is 1. The molecule has 180 valence electrons. The molecule has 1 fully saturated rings. The van der Waals surface area contributed by atoms with Gasteiger partial charge >= 0.3 is 0 Å². The molecule has 0 atom stereocenters. The van der Waals surface area contributed by atoms with Crippen LogP contribution in [0.5, 0.6) is 5.75 Å². The summed E-state index contributed by atoms with van der Waals surface area (Å²) in [5.74, 6) is -0.907. The highest BCUT2D eigenvalue weighted by atomic mass is 35.5. The zero-order chi connectivity index (χ0) is 24.8. The van der Waals surface area contributed by atoms with Crippen LogP contribution < -0.4 is 22.1 Å². The summed E-state index contributed by atoms with van der Waals surface area (Å²) in [5, 5.41) is 23.9. The first-order valence-corrected chi connectivity index (χ1v) is 11.1. The zero-order valence-electron chi connectivity index (χ0n) is 17.9. The summed E-state index contributed by atoms with van der Waals surface area (Å²) >= 11 is 9.16. The van der Waals surface area contributed by atoms with Crippen molar-refractivity contribution >= 4 is 47.3 Å². The molecule has 12 heteroatoms. The molecule has 0 saturated carbocycles. The number of piperidine rings is 1. The predicted molar refractivity (Wildman–Crippen MR) is 133 cm³/mol. The van der Waals surface area contributed by atoms with Crippen molar-refractivity contribution in [2.45, 2.75) is 23.8 Å². The van der Waals surface area contributed by atoms with E-state index in [2.05, 4.69) is 33.2 Å². The number of aromatic nitrogens is 2. The minimum Gasteiger partial charge on any atom is -0.506 e. The van der Waals surface area contributed by atoms with Crippen LogP contribution in [0.3, 0.4) is 0 Å². The fourth-order valence-corrected chi connectivity index (χ4v) is 3.75. The normalized spacial score (nSPS) is 13.6. The molecule has 1 saturated heterocycles. The zero-order valence-corrected chi connectivity index (χ0v) is 19.6. The number of hydrogen-bond donors (Lipinski definition) is 7. The number of hydrogen-bond acceptors (Lipinski definition) is 9. The second-order valence-corrected chi connectivity index (χ2v) is 8.38. The Hall–Kier alpha value is -3.15. The van der Waals surface area contributed by atoms with Crippen molar-refractivity contribution < 1.29 is 13.9 Å². The van der Waals surface area contributed by atoms with E-state index in [4.69, 9.17) is 33.6 Å². The molecule has 1 aromatic heterocycles. The number of benzene rings is 2. The summed E-state index contributed by atoms with van der Waals surface area (Å²) in [6.45, 7) is 1.82. The van der Waals surface area contributed by atoms with E-state index in [-0.39, 0.29) is 44.5 Å². The number of anilines is 3. The monoisotopic (exact) mass is 507 g/mol. The Labute approximate surface area is 205 Å². The van der Waals surface area contributed by atoms with Crippen LogP contribution in [0, 0.1) is 17.0 Å². The van der Waals surface area contributed by atoms with E-state index in [1.54, 1.807) is 6.07 Å². The molecule has 8 N–H and O–H groups in total. The lowest BCUT2D eigenvalue weighted by Gasteiger charge is -2.25. The maximum Gasteiger partial charge on any atom is 0.155 e. The van der Waals surface area contributed by atoms with Gasteiger partial charge < -0.3 is 27.2 Å². The highest BCUT2D eigenvalue weighted by molar-refractivity contribution is 7.80. The minimum atomic E-state index is -0.640. The second-order valence-electron chi connectivity index (χ2n) is 7.49. The number of rotatable bonds is 4. The predicted octanol–water partition coefficient (Wildman–Crippen LogP) is 3.83. The number of nitrogens with zero attached hydrogens (tertiary/aromatic N) is 2. The van der Waals surface area contributed by atoms with Crippen LogP contribution in [0.15, 0.2) is 41.6 Å². The van der Waals surface area contributed by atoms with Gasteiger partial charge in [-0.15, -0.1) is 12.6 Å². The van der Waals surface area contributed by atoms with Crippen molar-refractivity contribution in [3.63, 3.8) is 0 Å². The Morgan fingerprint density at radius 1 is 1.21 bits per heavy atom. The SMILES string of the molecule is N=C(c1cccc(N)c1F)c1c(N)ncnc1NC1CCNCC1.Oc1cc(F)c(S)cc1Cl. The van der Waals surface area contributed by atoms with Gasteiger partial charge in [0.15, 0.2) is 5.82 Å². The number of aromatic hydroxyl groups is 1. The lowest BCUT2D eigenvalue weighted by atomic mass is 10.0. The summed E-state index contributed by atoms with van der Waals surface area (Å²) in [4.78, 5) is 8.29. The quantitative estimate of drug-likeness (QED) is 0.161. The topological polar surface area (TPSA) is 146 Å². The van der Waals surface area contributed by atoms with Crippen LogP contribution in [-0.2, 0) is 0 Å². The molecule has 0 bridgehead atoms. The standard InChI is InChI=1S/C16H20FN7.C6H4ClFOS/c17-13-10(2-1-3-11(13)18)14(19)12-15(20)22-8-23-16(12)24-9-4-6-21-7-5-9;7-3-1-6(10)4(8)2-5(3)9/h1-3,8-9,19,21H,4-7,18H2,(H3,20,22,23,24);1-2,9-10H. The van der Waals surface area contributed by atoms with Crippen LogP contribution >= 0.6 is 24.2 Å².